The van der Waals surface area contributed by atoms with Crippen molar-refractivity contribution in [2.24, 2.45) is 0 Å². The molecule has 0 heterocycles. The minimum absolute atomic E-state index is 0.0155. The molecule has 0 aliphatic rings. The number of alkyl halides is 2. The number of esters is 1. The third kappa shape index (κ3) is 3.29. The van der Waals surface area contributed by atoms with E-state index < -0.39 is 12.6 Å². The minimum Gasteiger partial charge on any atom is -0.465 e. The summed E-state index contributed by atoms with van der Waals surface area (Å²) in [6, 6.07) is 4.33. The molecule has 1 aromatic carbocycles. The topological polar surface area (TPSA) is 35.5 Å². The zero-order valence-corrected chi connectivity index (χ0v) is 9.83. The molecule has 0 bridgehead atoms. The largest absolute Gasteiger partial charge is 0.465 e. The summed E-state index contributed by atoms with van der Waals surface area (Å²) in [6.07, 6.45) is 0. The molecule has 0 aromatic heterocycles. The van der Waals surface area contributed by atoms with E-state index in [1.165, 1.54) is 19.2 Å². The molecule has 0 radical (unpaired) electrons. The van der Waals surface area contributed by atoms with Crippen LogP contribution in [0.2, 0.25) is 0 Å². The maximum Gasteiger partial charge on any atom is 0.387 e. The number of rotatable bonds is 3. The van der Waals surface area contributed by atoms with Gasteiger partial charge in [-0.05, 0) is 40.8 Å². The van der Waals surface area contributed by atoms with Crippen LogP contribution < -0.4 is 4.74 Å². The number of hydrogen-bond donors (Lipinski definition) is 0. The van der Waals surface area contributed by atoms with Crippen LogP contribution in [0.4, 0.5) is 8.78 Å². The van der Waals surface area contributed by atoms with Gasteiger partial charge in [-0.2, -0.15) is 8.78 Å². The molecular weight excluding hydrogens is 321 g/mol. The number of hydrogen-bond acceptors (Lipinski definition) is 3. The van der Waals surface area contributed by atoms with Gasteiger partial charge in [-0.15, -0.1) is 0 Å². The van der Waals surface area contributed by atoms with Crippen molar-refractivity contribution in [1.82, 2.24) is 0 Å². The van der Waals surface area contributed by atoms with Crippen LogP contribution in [-0.4, -0.2) is 19.7 Å². The fraction of sp³-hybridized carbons (Fsp3) is 0.222. The first-order valence-corrected chi connectivity index (χ1v) is 4.95. The van der Waals surface area contributed by atoms with Crippen LogP contribution in [0.1, 0.15) is 10.4 Å². The summed E-state index contributed by atoms with van der Waals surface area (Å²) in [4.78, 5) is 11.2. The summed E-state index contributed by atoms with van der Waals surface area (Å²) in [5.41, 5.74) is -0.0155. The molecule has 3 nitrogen and oxygen atoms in total. The Labute approximate surface area is 98.5 Å². The number of halogens is 3. The van der Waals surface area contributed by atoms with Crippen molar-refractivity contribution < 1.29 is 23.0 Å². The number of methoxy groups -OCH3 is 1. The van der Waals surface area contributed by atoms with Crippen LogP contribution in [-0.2, 0) is 4.74 Å². The molecule has 6 heteroatoms. The highest BCUT2D eigenvalue weighted by Crippen LogP contribution is 2.24. The highest BCUT2D eigenvalue weighted by atomic mass is 127. The monoisotopic (exact) mass is 328 g/mol. The smallest absolute Gasteiger partial charge is 0.387 e. The average Bonchev–Trinajstić information content (AvgIpc) is 2.16. The fourth-order valence-corrected chi connectivity index (χ4v) is 1.43. The van der Waals surface area contributed by atoms with Gasteiger partial charge in [0.2, 0.25) is 0 Å². The quantitative estimate of drug-likeness (QED) is 0.632. The average molecular weight is 328 g/mol. The molecule has 0 atom stereocenters. The minimum atomic E-state index is -2.97. The van der Waals surface area contributed by atoms with Gasteiger partial charge in [-0.25, -0.2) is 4.79 Å². The van der Waals surface area contributed by atoms with Crippen molar-refractivity contribution in [3.63, 3.8) is 0 Å². The van der Waals surface area contributed by atoms with E-state index in [1.807, 2.05) is 22.6 Å². The van der Waals surface area contributed by atoms with E-state index in [0.717, 1.165) is 0 Å². The van der Waals surface area contributed by atoms with Gasteiger partial charge in [0.05, 0.1) is 7.11 Å². The summed E-state index contributed by atoms with van der Waals surface area (Å²) < 4.78 is 33.4. The summed E-state index contributed by atoms with van der Waals surface area (Å²) in [6.45, 7) is -2.97. The SMILES string of the molecule is COC(=O)c1ccc(I)cc1OC(F)F. The first-order valence-electron chi connectivity index (χ1n) is 3.87. The van der Waals surface area contributed by atoms with Crippen LogP contribution >= 0.6 is 22.6 Å². The molecule has 0 aliphatic heterocycles. The van der Waals surface area contributed by atoms with Crippen molar-refractivity contribution in [1.29, 1.82) is 0 Å². The van der Waals surface area contributed by atoms with Crippen molar-refractivity contribution in [3.8, 4) is 5.75 Å². The van der Waals surface area contributed by atoms with Gasteiger partial charge in [0.15, 0.2) is 0 Å². The molecule has 0 saturated heterocycles. The molecule has 1 aromatic rings. The van der Waals surface area contributed by atoms with E-state index in [-0.39, 0.29) is 11.3 Å². The lowest BCUT2D eigenvalue weighted by atomic mass is 10.2. The van der Waals surface area contributed by atoms with E-state index in [1.54, 1.807) is 6.07 Å². The Morgan fingerprint density at radius 1 is 1.47 bits per heavy atom. The lowest BCUT2D eigenvalue weighted by Gasteiger charge is -2.09. The zero-order valence-electron chi connectivity index (χ0n) is 7.67. The lowest BCUT2D eigenvalue weighted by Crippen LogP contribution is -2.09. The Hall–Kier alpha value is -0.920. The maximum atomic E-state index is 12.0. The Balaban J connectivity index is 3.08. The third-order valence-electron chi connectivity index (χ3n) is 1.57. The van der Waals surface area contributed by atoms with Crippen LogP contribution in [0.5, 0.6) is 5.75 Å². The lowest BCUT2D eigenvalue weighted by molar-refractivity contribution is -0.0504. The Bertz CT molecular complexity index is 368. The van der Waals surface area contributed by atoms with Gasteiger partial charge in [-0.3, -0.25) is 0 Å². The molecular formula is C9H7F2IO3. The molecule has 0 aliphatic carbocycles. The van der Waals surface area contributed by atoms with Crippen molar-refractivity contribution in [2.75, 3.05) is 7.11 Å². The van der Waals surface area contributed by atoms with E-state index in [9.17, 15) is 13.6 Å². The zero-order chi connectivity index (χ0) is 11.4. The Morgan fingerprint density at radius 3 is 2.67 bits per heavy atom. The number of benzene rings is 1. The first-order chi connectivity index (χ1) is 7.04. The number of carbonyl (C=O) groups excluding carboxylic acids is 1. The van der Waals surface area contributed by atoms with Gasteiger partial charge in [0, 0.05) is 3.57 Å². The Morgan fingerprint density at radius 2 is 2.13 bits per heavy atom. The van der Waals surface area contributed by atoms with Crippen LogP contribution in [0.15, 0.2) is 18.2 Å². The van der Waals surface area contributed by atoms with Crippen molar-refractivity contribution in [2.45, 2.75) is 6.61 Å². The van der Waals surface area contributed by atoms with Crippen molar-refractivity contribution in [3.05, 3.63) is 27.3 Å². The van der Waals surface area contributed by atoms with Crippen LogP contribution in [0.3, 0.4) is 0 Å². The highest BCUT2D eigenvalue weighted by molar-refractivity contribution is 14.1. The van der Waals surface area contributed by atoms with Gasteiger partial charge < -0.3 is 9.47 Å². The summed E-state index contributed by atoms with van der Waals surface area (Å²) in [7, 11) is 1.17. The molecule has 1 rings (SSSR count). The maximum absolute atomic E-state index is 12.0. The first kappa shape index (κ1) is 12.2. The molecule has 0 fully saturated rings. The van der Waals surface area contributed by atoms with Crippen LogP contribution in [0.25, 0.3) is 0 Å². The molecule has 0 unspecified atom stereocenters. The third-order valence-corrected chi connectivity index (χ3v) is 2.24. The van der Waals surface area contributed by atoms with Crippen molar-refractivity contribution >= 4 is 28.6 Å². The summed E-state index contributed by atoms with van der Waals surface area (Å²) in [5.74, 6) is -0.884. The highest BCUT2D eigenvalue weighted by Gasteiger charge is 2.16. The Kier molecular flexibility index (Phi) is 4.25. The molecule has 82 valence electrons. The molecule has 0 amide bonds. The van der Waals surface area contributed by atoms with Crippen LogP contribution in [0, 0.1) is 3.57 Å². The van der Waals surface area contributed by atoms with Gasteiger partial charge in [-0.1, -0.05) is 0 Å². The predicted octanol–water partition coefficient (Wildman–Crippen LogP) is 2.68. The molecule has 0 saturated carbocycles. The van der Waals surface area contributed by atoms with E-state index in [0.29, 0.717) is 3.57 Å². The fourth-order valence-electron chi connectivity index (χ4n) is 0.968. The molecule has 0 N–H and O–H groups in total. The second kappa shape index (κ2) is 5.24. The van der Waals surface area contributed by atoms with Gasteiger partial charge in [0.1, 0.15) is 11.3 Å². The van der Waals surface area contributed by atoms with E-state index >= 15 is 0 Å². The standard InChI is InChI=1S/C9H7F2IO3/c1-14-8(13)6-3-2-5(12)4-7(6)15-9(10)11/h2-4,9H,1H3. The summed E-state index contributed by atoms with van der Waals surface area (Å²) >= 11 is 1.93. The normalized spacial score (nSPS) is 10.2. The predicted molar refractivity (Wildman–Crippen MR) is 57.1 cm³/mol. The number of ether oxygens (including phenoxy) is 2. The molecule has 15 heavy (non-hydrogen) atoms. The number of carbonyl (C=O) groups is 1. The second-order valence-electron chi connectivity index (χ2n) is 2.51. The van der Waals surface area contributed by atoms with E-state index in [2.05, 4.69) is 9.47 Å². The second-order valence-corrected chi connectivity index (χ2v) is 3.76. The van der Waals surface area contributed by atoms with Gasteiger partial charge >= 0.3 is 12.6 Å². The molecule has 0 spiro atoms. The van der Waals surface area contributed by atoms with Gasteiger partial charge in [0.25, 0.3) is 0 Å². The van der Waals surface area contributed by atoms with E-state index in [4.69, 9.17) is 0 Å². The summed E-state index contributed by atoms with van der Waals surface area (Å²) in [5, 5.41) is 0.